The molecule has 1 saturated heterocycles. The van der Waals surface area contributed by atoms with Crippen LogP contribution in [-0.4, -0.2) is 26.4 Å². The third-order valence-corrected chi connectivity index (χ3v) is 4.73. The molecule has 0 spiro atoms. The molecule has 5 heteroatoms. The van der Waals surface area contributed by atoms with Crippen molar-refractivity contribution in [1.29, 1.82) is 0 Å². The van der Waals surface area contributed by atoms with E-state index >= 15 is 0 Å². The highest BCUT2D eigenvalue weighted by Crippen LogP contribution is 2.30. The van der Waals surface area contributed by atoms with Crippen LogP contribution in [0.15, 0.2) is 41.4 Å². The molecule has 0 amide bonds. The van der Waals surface area contributed by atoms with Crippen LogP contribution in [0, 0.1) is 0 Å². The van der Waals surface area contributed by atoms with E-state index in [2.05, 4.69) is 22.0 Å². The molecule has 1 fully saturated rings. The Hall–Kier alpha value is -1.71. The largest absolute Gasteiger partial charge is 0.496 e. The van der Waals surface area contributed by atoms with Gasteiger partial charge in [-0.2, -0.15) is 0 Å². The summed E-state index contributed by atoms with van der Waals surface area (Å²) >= 11 is 12.1. The summed E-state index contributed by atoms with van der Waals surface area (Å²) in [6.45, 7) is 2.22. The number of piperidine rings is 1. The molecular weight excluding hydrogens is 343 g/mol. The number of ether oxygens (including phenoxy) is 1. The van der Waals surface area contributed by atoms with E-state index in [-0.39, 0.29) is 0 Å². The molecule has 0 radical (unpaired) electrons. The minimum absolute atomic E-state index is 0.530. The third kappa shape index (κ3) is 4.03. The van der Waals surface area contributed by atoms with Gasteiger partial charge in [0.1, 0.15) is 5.75 Å². The van der Waals surface area contributed by atoms with Gasteiger partial charge in [0.25, 0.3) is 0 Å². The van der Waals surface area contributed by atoms with Gasteiger partial charge in [0.2, 0.25) is 0 Å². The van der Waals surface area contributed by atoms with Gasteiger partial charge >= 0.3 is 0 Å². The molecule has 1 aliphatic heterocycles. The Labute approximate surface area is 152 Å². The fourth-order valence-electron chi connectivity index (χ4n) is 2.88. The Morgan fingerprint density at radius 2 is 1.83 bits per heavy atom. The SMILES string of the molecule is COc1cc(N2CCCCC2)ccc1C=Nc1ccc(Cl)cc1Cl. The lowest BCUT2D eigenvalue weighted by atomic mass is 10.1. The number of hydrogen-bond donors (Lipinski definition) is 0. The topological polar surface area (TPSA) is 24.8 Å². The van der Waals surface area contributed by atoms with Crippen LogP contribution in [-0.2, 0) is 0 Å². The number of hydrogen-bond acceptors (Lipinski definition) is 3. The molecule has 3 nitrogen and oxygen atoms in total. The molecule has 0 N–H and O–H groups in total. The average molecular weight is 363 g/mol. The highest BCUT2D eigenvalue weighted by Gasteiger charge is 2.12. The van der Waals surface area contributed by atoms with Crippen molar-refractivity contribution in [3.63, 3.8) is 0 Å². The fraction of sp³-hybridized carbons (Fsp3) is 0.316. The van der Waals surface area contributed by atoms with Crippen LogP contribution < -0.4 is 9.64 Å². The number of anilines is 1. The van der Waals surface area contributed by atoms with E-state index in [9.17, 15) is 0 Å². The standard InChI is InChI=1S/C19H20Cl2N2O/c1-24-19-12-16(23-9-3-2-4-10-23)7-5-14(19)13-22-18-8-6-15(20)11-17(18)21/h5-8,11-13H,2-4,9-10H2,1H3. The summed E-state index contributed by atoms with van der Waals surface area (Å²) in [4.78, 5) is 6.86. The van der Waals surface area contributed by atoms with Crippen molar-refractivity contribution in [2.24, 2.45) is 4.99 Å². The maximum absolute atomic E-state index is 6.16. The van der Waals surface area contributed by atoms with Gasteiger partial charge in [-0.25, -0.2) is 0 Å². The number of benzene rings is 2. The Kier molecular flexibility index (Phi) is 5.64. The lowest BCUT2D eigenvalue weighted by molar-refractivity contribution is 0.414. The quantitative estimate of drug-likeness (QED) is 0.647. The molecule has 2 aromatic carbocycles. The van der Waals surface area contributed by atoms with Crippen molar-refractivity contribution >= 4 is 40.8 Å². The van der Waals surface area contributed by atoms with Crippen LogP contribution in [0.1, 0.15) is 24.8 Å². The van der Waals surface area contributed by atoms with Gasteiger partial charge in [-0.3, -0.25) is 4.99 Å². The van der Waals surface area contributed by atoms with Crippen LogP contribution in [0.5, 0.6) is 5.75 Å². The van der Waals surface area contributed by atoms with Crippen LogP contribution in [0.25, 0.3) is 0 Å². The van der Waals surface area contributed by atoms with Crippen molar-refractivity contribution in [2.45, 2.75) is 19.3 Å². The highest BCUT2D eigenvalue weighted by atomic mass is 35.5. The van der Waals surface area contributed by atoms with Crippen molar-refractivity contribution in [1.82, 2.24) is 0 Å². The van der Waals surface area contributed by atoms with E-state index < -0.39 is 0 Å². The first kappa shape index (κ1) is 17.1. The molecule has 2 aromatic rings. The first-order valence-corrected chi connectivity index (χ1v) is 8.85. The molecular formula is C19H20Cl2N2O. The third-order valence-electron chi connectivity index (χ3n) is 4.19. The molecule has 0 atom stereocenters. The first-order valence-electron chi connectivity index (χ1n) is 8.09. The number of nitrogens with zero attached hydrogens (tertiary/aromatic N) is 2. The minimum Gasteiger partial charge on any atom is -0.496 e. The van der Waals surface area contributed by atoms with E-state index in [1.165, 1.54) is 24.9 Å². The zero-order valence-corrected chi connectivity index (χ0v) is 15.1. The molecule has 0 aliphatic carbocycles. The highest BCUT2D eigenvalue weighted by molar-refractivity contribution is 6.36. The van der Waals surface area contributed by atoms with Gasteiger partial charge < -0.3 is 9.64 Å². The van der Waals surface area contributed by atoms with E-state index in [1.54, 1.807) is 31.5 Å². The smallest absolute Gasteiger partial charge is 0.129 e. The van der Waals surface area contributed by atoms with Crippen molar-refractivity contribution in [3.05, 3.63) is 52.0 Å². The van der Waals surface area contributed by atoms with Crippen LogP contribution in [0.3, 0.4) is 0 Å². The molecule has 1 aliphatic rings. The summed E-state index contributed by atoms with van der Waals surface area (Å²) in [7, 11) is 1.68. The summed E-state index contributed by atoms with van der Waals surface area (Å²) < 4.78 is 5.54. The predicted octanol–water partition coefficient (Wildman–Crippen LogP) is 5.74. The summed E-state index contributed by atoms with van der Waals surface area (Å²) in [6.07, 6.45) is 5.59. The van der Waals surface area contributed by atoms with Gasteiger partial charge in [-0.15, -0.1) is 0 Å². The van der Waals surface area contributed by atoms with E-state index in [0.717, 1.165) is 24.4 Å². The van der Waals surface area contributed by atoms with E-state index in [4.69, 9.17) is 27.9 Å². The van der Waals surface area contributed by atoms with Gasteiger partial charge in [-0.1, -0.05) is 23.2 Å². The number of methoxy groups -OCH3 is 1. The maximum atomic E-state index is 6.16. The fourth-order valence-corrected chi connectivity index (χ4v) is 3.34. The van der Waals surface area contributed by atoms with Crippen LogP contribution in [0.4, 0.5) is 11.4 Å². The zero-order valence-electron chi connectivity index (χ0n) is 13.6. The Bertz CT molecular complexity index is 740. The zero-order chi connectivity index (χ0) is 16.9. The van der Waals surface area contributed by atoms with Crippen molar-refractivity contribution in [2.75, 3.05) is 25.1 Å². The summed E-state index contributed by atoms with van der Waals surface area (Å²) in [5.41, 5.74) is 2.81. The lowest BCUT2D eigenvalue weighted by Crippen LogP contribution is -2.29. The lowest BCUT2D eigenvalue weighted by Gasteiger charge is -2.29. The Morgan fingerprint density at radius 3 is 2.54 bits per heavy atom. The normalized spacial score (nSPS) is 15.0. The summed E-state index contributed by atoms with van der Waals surface area (Å²) in [6, 6.07) is 11.5. The molecule has 1 heterocycles. The van der Waals surface area contributed by atoms with Crippen LogP contribution in [0.2, 0.25) is 10.0 Å². The second-order valence-electron chi connectivity index (χ2n) is 5.83. The molecule has 3 rings (SSSR count). The van der Waals surface area contributed by atoms with Gasteiger partial charge in [-0.05, 0) is 49.6 Å². The minimum atomic E-state index is 0.530. The average Bonchev–Trinajstić information content (AvgIpc) is 2.61. The molecule has 0 saturated carbocycles. The number of halogens is 2. The molecule has 0 aromatic heterocycles. The Balaban J connectivity index is 1.83. The molecule has 0 unspecified atom stereocenters. The molecule has 24 heavy (non-hydrogen) atoms. The predicted molar refractivity (Wildman–Crippen MR) is 103 cm³/mol. The van der Waals surface area contributed by atoms with Crippen LogP contribution >= 0.6 is 23.2 Å². The maximum Gasteiger partial charge on any atom is 0.129 e. The molecule has 0 bridgehead atoms. The van der Waals surface area contributed by atoms with E-state index in [0.29, 0.717) is 15.7 Å². The summed E-state index contributed by atoms with van der Waals surface area (Å²) in [5.74, 6) is 0.812. The van der Waals surface area contributed by atoms with Gasteiger partial charge in [0, 0.05) is 41.6 Å². The summed E-state index contributed by atoms with van der Waals surface area (Å²) in [5, 5.41) is 1.13. The second kappa shape index (κ2) is 7.91. The van der Waals surface area contributed by atoms with Gasteiger partial charge in [0.05, 0.1) is 17.8 Å². The number of rotatable bonds is 4. The molecule has 126 valence electrons. The van der Waals surface area contributed by atoms with E-state index in [1.807, 2.05) is 6.07 Å². The van der Waals surface area contributed by atoms with Crippen molar-refractivity contribution < 1.29 is 4.74 Å². The first-order chi connectivity index (χ1) is 11.7. The second-order valence-corrected chi connectivity index (χ2v) is 6.67. The Morgan fingerprint density at radius 1 is 1.04 bits per heavy atom. The monoisotopic (exact) mass is 362 g/mol. The van der Waals surface area contributed by atoms with Gasteiger partial charge in [0.15, 0.2) is 0 Å². The number of aliphatic imine (C=N–C) groups is 1. The van der Waals surface area contributed by atoms with Crippen molar-refractivity contribution in [3.8, 4) is 5.75 Å².